The molecule has 1 unspecified atom stereocenters. The number of aliphatic imine (C=N–C) groups is 1. The van der Waals surface area contributed by atoms with Gasteiger partial charge >= 0.3 is 0 Å². The fourth-order valence-corrected chi connectivity index (χ4v) is 2.50. The van der Waals surface area contributed by atoms with Crippen LogP contribution in [-0.4, -0.2) is 51.9 Å². The summed E-state index contributed by atoms with van der Waals surface area (Å²) in [7, 11) is -1.41. The Morgan fingerprint density at radius 1 is 1.38 bits per heavy atom. The highest BCUT2D eigenvalue weighted by atomic mass is 127. The van der Waals surface area contributed by atoms with Gasteiger partial charge in [0.25, 0.3) is 0 Å². The minimum Gasteiger partial charge on any atom is -0.467 e. The summed E-state index contributed by atoms with van der Waals surface area (Å²) in [6.07, 6.45) is 3.21. The van der Waals surface area contributed by atoms with Gasteiger partial charge in [0, 0.05) is 19.3 Å². The van der Waals surface area contributed by atoms with Crippen molar-refractivity contribution in [1.29, 1.82) is 0 Å². The van der Waals surface area contributed by atoms with E-state index in [1.165, 1.54) is 6.26 Å². The second kappa shape index (κ2) is 11.3. The molecule has 0 saturated heterocycles. The minimum atomic E-state index is -2.99. The van der Waals surface area contributed by atoms with Crippen molar-refractivity contribution in [2.45, 2.75) is 25.9 Å². The maximum Gasteiger partial charge on any atom is 0.239 e. The van der Waals surface area contributed by atoms with E-state index >= 15 is 0 Å². The van der Waals surface area contributed by atoms with E-state index in [0.29, 0.717) is 24.7 Å². The van der Waals surface area contributed by atoms with E-state index in [2.05, 4.69) is 20.9 Å². The van der Waals surface area contributed by atoms with Crippen molar-refractivity contribution in [3.8, 4) is 0 Å². The number of carbonyl (C=O) groups is 1. The van der Waals surface area contributed by atoms with Crippen molar-refractivity contribution in [1.82, 2.24) is 16.0 Å². The number of nitrogens with zero attached hydrogens (tertiary/aromatic N) is 1. The van der Waals surface area contributed by atoms with Crippen LogP contribution in [0.3, 0.4) is 0 Å². The van der Waals surface area contributed by atoms with Crippen molar-refractivity contribution < 1.29 is 17.6 Å². The number of hydrogen-bond acceptors (Lipinski definition) is 5. The van der Waals surface area contributed by atoms with Gasteiger partial charge in [-0.2, -0.15) is 0 Å². The molecule has 1 atom stereocenters. The number of guanidine groups is 1. The monoisotopic (exact) mass is 472 g/mol. The van der Waals surface area contributed by atoms with Crippen molar-refractivity contribution >= 4 is 45.7 Å². The number of nitrogens with one attached hydrogen (secondary N) is 3. The lowest BCUT2D eigenvalue weighted by molar-refractivity contribution is -0.120. The summed E-state index contributed by atoms with van der Waals surface area (Å²) in [5, 5.41) is 8.62. The zero-order valence-electron chi connectivity index (χ0n) is 14.0. The third kappa shape index (κ3) is 10.5. The van der Waals surface area contributed by atoms with Crippen LogP contribution in [0.5, 0.6) is 0 Å². The van der Waals surface area contributed by atoms with Gasteiger partial charge in [-0.3, -0.25) is 9.79 Å². The number of hydrogen-bond donors (Lipinski definition) is 3. The largest absolute Gasteiger partial charge is 0.467 e. The maximum absolute atomic E-state index is 11.7. The molecule has 1 heterocycles. The van der Waals surface area contributed by atoms with Gasteiger partial charge < -0.3 is 20.4 Å². The Hall–Kier alpha value is -1.30. The molecule has 10 heteroatoms. The van der Waals surface area contributed by atoms with E-state index in [0.717, 1.165) is 0 Å². The molecule has 3 N–H and O–H groups in total. The lowest BCUT2D eigenvalue weighted by Crippen LogP contribution is -2.46. The van der Waals surface area contributed by atoms with Crippen LogP contribution in [0.2, 0.25) is 0 Å². The van der Waals surface area contributed by atoms with E-state index in [-0.39, 0.29) is 48.2 Å². The molecule has 8 nitrogen and oxygen atoms in total. The Morgan fingerprint density at radius 3 is 2.62 bits per heavy atom. The molecular formula is C14H25IN4O4S. The number of rotatable bonds is 8. The first kappa shape index (κ1) is 22.7. The number of carbonyl (C=O) groups excluding carboxylic acids is 1. The third-order valence-corrected chi connectivity index (χ3v) is 3.96. The molecule has 1 aromatic heterocycles. The average molecular weight is 472 g/mol. The summed E-state index contributed by atoms with van der Waals surface area (Å²) in [6, 6.07) is 3.45. The highest BCUT2D eigenvalue weighted by Crippen LogP contribution is 1.98. The minimum absolute atomic E-state index is 0. The molecule has 0 radical (unpaired) electrons. The third-order valence-electron chi connectivity index (χ3n) is 2.98. The smallest absolute Gasteiger partial charge is 0.239 e. The van der Waals surface area contributed by atoms with Gasteiger partial charge in [-0.1, -0.05) is 0 Å². The highest BCUT2D eigenvalue weighted by molar-refractivity contribution is 14.0. The summed E-state index contributed by atoms with van der Waals surface area (Å²) in [5.74, 6) is 1.02. The predicted molar refractivity (Wildman–Crippen MR) is 104 cm³/mol. The van der Waals surface area contributed by atoms with E-state index in [1.54, 1.807) is 25.4 Å². The van der Waals surface area contributed by atoms with Crippen LogP contribution in [0.4, 0.5) is 0 Å². The van der Waals surface area contributed by atoms with Crippen molar-refractivity contribution in [2.75, 3.05) is 25.6 Å². The molecule has 0 aliphatic rings. The second-order valence-electron chi connectivity index (χ2n) is 5.25. The van der Waals surface area contributed by atoms with Crippen LogP contribution in [0, 0.1) is 0 Å². The summed E-state index contributed by atoms with van der Waals surface area (Å²) in [5.41, 5.74) is 0. The average Bonchev–Trinajstić information content (AvgIpc) is 3.00. The van der Waals surface area contributed by atoms with Crippen LogP contribution >= 0.6 is 24.0 Å². The molecule has 0 bridgehead atoms. The van der Waals surface area contributed by atoms with Crippen LogP contribution in [0.25, 0.3) is 0 Å². The van der Waals surface area contributed by atoms with Gasteiger partial charge in [-0.05, 0) is 25.5 Å². The van der Waals surface area contributed by atoms with Gasteiger partial charge in [-0.25, -0.2) is 8.42 Å². The molecule has 0 aliphatic carbocycles. The van der Waals surface area contributed by atoms with Gasteiger partial charge in [0.1, 0.15) is 15.6 Å². The number of amides is 1. The lowest BCUT2D eigenvalue weighted by atomic mass is 10.3. The summed E-state index contributed by atoms with van der Waals surface area (Å²) in [4.78, 5) is 15.7. The first-order chi connectivity index (χ1) is 10.8. The van der Waals surface area contributed by atoms with Crippen LogP contribution in [0.15, 0.2) is 27.8 Å². The van der Waals surface area contributed by atoms with E-state index in [1.807, 2.05) is 6.92 Å². The summed E-state index contributed by atoms with van der Waals surface area (Å²) < 4.78 is 27.4. The quantitative estimate of drug-likeness (QED) is 0.289. The molecule has 0 saturated carbocycles. The molecule has 0 spiro atoms. The molecule has 0 aromatic carbocycles. The molecule has 0 fully saturated rings. The van der Waals surface area contributed by atoms with Gasteiger partial charge in [0.2, 0.25) is 5.91 Å². The first-order valence-corrected chi connectivity index (χ1v) is 9.30. The Balaban J connectivity index is 0.00000529. The topological polar surface area (TPSA) is 113 Å². The number of sulfone groups is 1. The van der Waals surface area contributed by atoms with E-state index in [4.69, 9.17) is 4.42 Å². The zero-order valence-corrected chi connectivity index (χ0v) is 17.2. The highest BCUT2D eigenvalue weighted by Gasteiger charge is 2.10. The van der Waals surface area contributed by atoms with E-state index < -0.39 is 9.84 Å². The standard InChI is InChI=1S/C14H24N4O4S.HI/c1-11(6-8-23(3,20)21)18-14(15-2)17-10-13(19)16-9-12-5-4-7-22-12;/h4-5,7,11H,6,8-10H2,1-3H3,(H,16,19)(H2,15,17,18);1H. The van der Waals surface area contributed by atoms with Crippen LogP contribution in [0.1, 0.15) is 19.1 Å². The van der Waals surface area contributed by atoms with Gasteiger partial charge in [0.05, 0.1) is 25.1 Å². The molecule has 1 aromatic rings. The van der Waals surface area contributed by atoms with Crippen LogP contribution < -0.4 is 16.0 Å². The predicted octanol–water partition coefficient (Wildman–Crippen LogP) is 0.502. The fraction of sp³-hybridized carbons (Fsp3) is 0.571. The molecule has 1 rings (SSSR count). The molecule has 24 heavy (non-hydrogen) atoms. The molecular weight excluding hydrogens is 447 g/mol. The molecule has 138 valence electrons. The summed E-state index contributed by atoms with van der Waals surface area (Å²) in [6.45, 7) is 2.23. The first-order valence-electron chi connectivity index (χ1n) is 7.24. The Bertz CT molecular complexity index is 617. The van der Waals surface area contributed by atoms with Crippen molar-refractivity contribution in [3.63, 3.8) is 0 Å². The number of halogens is 1. The lowest BCUT2D eigenvalue weighted by Gasteiger charge is -2.17. The fourth-order valence-electron chi connectivity index (χ4n) is 1.72. The molecule has 1 amide bonds. The number of furan rings is 1. The second-order valence-corrected chi connectivity index (χ2v) is 7.51. The van der Waals surface area contributed by atoms with Crippen molar-refractivity contribution in [3.05, 3.63) is 24.2 Å². The zero-order chi connectivity index (χ0) is 17.3. The Morgan fingerprint density at radius 2 is 2.08 bits per heavy atom. The summed E-state index contributed by atoms with van der Waals surface area (Å²) >= 11 is 0. The normalized spacial score (nSPS) is 12.9. The van der Waals surface area contributed by atoms with Gasteiger partial charge in [0.15, 0.2) is 5.96 Å². The van der Waals surface area contributed by atoms with Crippen LogP contribution in [-0.2, 0) is 21.2 Å². The van der Waals surface area contributed by atoms with Crippen molar-refractivity contribution in [2.24, 2.45) is 4.99 Å². The Labute approximate surface area is 159 Å². The SMILES string of the molecule is CN=C(NCC(=O)NCc1ccco1)NC(C)CCS(C)(=O)=O.I. The maximum atomic E-state index is 11.7. The molecule has 0 aliphatic heterocycles. The van der Waals surface area contributed by atoms with E-state index in [9.17, 15) is 13.2 Å². The van der Waals surface area contributed by atoms with Gasteiger partial charge in [-0.15, -0.1) is 24.0 Å². The Kier molecular flexibility index (Phi) is 10.7.